The molecule has 0 atom stereocenters. The predicted octanol–water partition coefficient (Wildman–Crippen LogP) is 7.06. The van der Waals surface area contributed by atoms with Crippen LogP contribution in [0.2, 0.25) is 10.0 Å². The molecule has 3 aromatic carbocycles. The van der Waals surface area contributed by atoms with Crippen LogP contribution < -0.4 is 20.1 Å². The van der Waals surface area contributed by atoms with E-state index >= 15 is 0 Å². The van der Waals surface area contributed by atoms with Crippen LogP contribution in [0.5, 0.6) is 11.5 Å². The molecule has 0 bridgehead atoms. The molecule has 0 spiro atoms. The maximum absolute atomic E-state index is 12.7. The number of urea groups is 1. The van der Waals surface area contributed by atoms with Gasteiger partial charge in [-0.1, -0.05) is 47.5 Å². The molecular weight excluding hydrogens is 471 g/mol. The Kier molecular flexibility index (Phi) is 7.54. The van der Waals surface area contributed by atoms with E-state index < -0.39 is 0 Å². The minimum Gasteiger partial charge on any atom is -0.497 e. The summed E-state index contributed by atoms with van der Waals surface area (Å²) in [6.45, 7) is 0. The van der Waals surface area contributed by atoms with Crippen molar-refractivity contribution in [2.45, 2.75) is 37.1 Å². The lowest BCUT2D eigenvalue weighted by Gasteiger charge is -2.41. The Morgan fingerprint density at radius 3 is 1.91 bits per heavy atom. The van der Waals surface area contributed by atoms with Gasteiger partial charge in [0, 0.05) is 27.6 Å². The highest BCUT2D eigenvalue weighted by molar-refractivity contribution is 6.30. The molecule has 7 heteroatoms. The van der Waals surface area contributed by atoms with Crippen molar-refractivity contribution in [3.05, 3.63) is 87.9 Å². The summed E-state index contributed by atoms with van der Waals surface area (Å²) in [5.41, 5.74) is 2.90. The van der Waals surface area contributed by atoms with E-state index in [0.29, 0.717) is 17.2 Å². The fraction of sp³-hybridized carbons (Fsp3) is 0.296. The molecule has 0 heterocycles. The first kappa shape index (κ1) is 24.2. The van der Waals surface area contributed by atoms with E-state index in [9.17, 15) is 4.79 Å². The normalized spacial score (nSPS) is 15.4. The molecule has 0 unspecified atom stereocenters. The van der Waals surface area contributed by atoms with Gasteiger partial charge in [-0.25, -0.2) is 4.79 Å². The average molecular weight is 499 g/mol. The number of methoxy groups -OCH3 is 2. The van der Waals surface area contributed by atoms with E-state index in [-0.39, 0.29) is 17.5 Å². The van der Waals surface area contributed by atoms with Crippen LogP contribution in [-0.4, -0.2) is 26.3 Å². The number of hydrogen-bond donors (Lipinski definition) is 2. The highest BCUT2D eigenvalue weighted by Gasteiger charge is 2.38. The second kappa shape index (κ2) is 10.6. The Morgan fingerprint density at radius 2 is 1.41 bits per heavy atom. The minimum absolute atomic E-state index is 0.0666. The zero-order chi connectivity index (χ0) is 24.1. The number of hydrogen-bond acceptors (Lipinski definition) is 3. The van der Waals surface area contributed by atoms with Crippen molar-refractivity contribution in [1.29, 1.82) is 0 Å². The van der Waals surface area contributed by atoms with E-state index in [1.54, 1.807) is 32.4 Å². The van der Waals surface area contributed by atoms with Crippen LogP contribution in [0.3, 0.4) is 0 Å². The van der Waals surface area contributed by atoms with Gasteiger partial charge in [-0.2, -0.15) is 0 Å². The van der Waals surface area contributed by atoms with Gasteiger partial charge in [0.15, 0.2) is 0 Å². The van der Waals surface area contributed by atoms with E-state index in [4.69, 9.17) is 32.7 Å². The third-order valence-electron chi connectivity index (χ3n) is 6.62. The summed E-state index contributed by atoms with van der Waals surface area (Å²) in [6, 6.07) is 21.3. The van der Waals surface area contributed by atoms with Crippen molar-refractivity contribution in [3.8, 4) is 11.5 Å². The maximum Gasteiger partial charge on any atom is 0.319 e. The quantitative estimate of drug-likeness (QED) is 0.382. The number of carbonyl (C=O) groups excluding carboxylic acids is 1. The molecular formula is C27H28Cl2N2O3. The Morgan fingerprint density at radius 1 is 0.853 bits per heavy atom. The van der Waals surface area contributed by atoms with E-state index in [0.717, 1.165) is 35.7 Å². The van der Waals surface area contributed by atoms with Crippen LogP contribution in [0.1, 0.15) is 36.8 Å². The Labute approximate surface area is 210 Å². The molecule has 1 saturated carbocycles. The number of carbonyl (C=O) groups is 1. The van der Waals surface area contributed by atoms with Crippen molar-refractivity contribution >= 4 is 34.9 Å². The van der Waals surface area contributed by atoms with Gasteiger partial charge < -0.3 is 20.1 Å². The van der Waals surface area contributed by atoms with Crippen molar-refractivity contribution in [2.24, 2.45) is 0 Å². The lowest BCUT2D eigenvalue weighted by Crippen LogP contribution is -2.44. The number of rotatable bonds is 6. The van der Waals surface area contributed by atoms with Crippen LogP contribution >= 0.6 is 23.2 Å². The lowest BCUT2D eigenvalue weighted by molar-refractivity contribution is 0.236. The third-order valence-corrected chi connectivity index (χ3v) is 7.13. The molecule has 0 aliphatic heterocycles. The summed E-state index contributed by atoms with van der Waals surface area (Å²) in [7, 11) is 3.15. The number of nitrogens with one attached hydrogen (secondary N) is 2. The monoisotopic (exact) mass is 498 g/mol. The zero-order valence-corrected chi connectivity index (χ0v) is 20.7. The summed E-state index contributed by atoms with van der Waals surface area (Å²) in [5.74, 6) is 1.21. The van der Waals surface area contributed by atoms with Gasteiger partial charge >= 0.3 is 6.03 Å². The molecule has 1 aliphatic carbocycles. The predicted molar refractivity (Wildman–Crippen MR) is 138 cm³/mol. The molecule has 2 amide bonds. The van der Waals surface area contributed by atoms with Crippen LogP contribution in [0.4, 0.5) is 10.5 Å². The van der Waals surface area contributed by atoms with Crippen molar-refractivity contribution in [1.82, 2.24) is 5.32 Å². The molecule has 5 nitrogen and oxygen atoms in total. The molecule has 1 aliphatic rings. The molecule has 34 heavy (non-hydrogen) atoms. The first-order valence-corrected chi connectivity index (χ1v) is 12.0. The van der Waals surface area contributed by atoms with Gasteiger partial charge in [0.1, 0.15) is 11.5 Å². The summed E-state index contributed by atoms with van der Waals surface area (Å²) in [4.78, 5) is 12.7. The van der Waals surface area contributed by atoms with Gasteiger partial charge in [0.2, 0.25) is 0 Å². The highest BCUT2D eigenvalue weighted by atomic mass is 35.5. The van der Waals surface area contributed by atoms with Crippen molar-refractivity contribution < 1.29 is 14.3 Å². The fourth-order valence-electron chi connectivity index (χ4n) is 4.78. The summed E-state index contributed by atoms with van der Waals surface area (Å²) < 4.78 is 10.6. The lowest BCUT2D eigenvalue weighted by atomic mass is 9.64. The fourth-order valence-corrected chi connectivity index (χ4v) is 5.03. The molecule has 1 fully saturated rings. The first-order chi connectivity index (χ1) is 16.4. The van der Waals surface area contributed by atoms with Crippen molar-refractivity contribution in [3.63, 3.8) is 0 Å². The van der Waals surface area contributed by atoms with Gasteiger partial charge in [0.25, 0.3) is 0 Å². The SMILES string of the molecule is COc1ccc(NC(=O)NC2CCC(c3ccc(Cl)cc3)(c3ccc(Cl)cc3)CC2)c(OC)c1. The van der Waals surface area contributed by atoms with E-state index in [1.165, 1.54) is 11.1 Å². The minimum atomic E-state index is -0.251. The van der Waals surface area contributed by atoms with Crippen LogP contribution in [0, 0.1) is 0 Å². The van der Waals surface area contributed by atoms with Gasteiger partial charge in [-0.05, 0) is 73.2 Å². The third kappa shape index (κ3) is 5.26. The molecule has 0 radical (unpaired) electrons. The van der Waals surface area contributed by atoms with Crippen LogP contribution in [0.15, 0.2) is 66.7 Å². The van der Waals surface area contributed by atoms with Crippen LogP contribution in [-0.2, 0) is 5.41 Å². The number of amides is 2. The van der Waals surface area contributed by atoms with E-state index in [1.807, 2.05) is 24.3 Å². The van der Waals surface area contributed by atoms with Gasteiger partial charge in [0.05, 0.1) is 19.9 Å². The highest BCUT2D eigenvalue weighted by Crippen LogP contribution is 2.45. The topological polar surface area (TPSA) is 59.6 Å². The summed E-state index contributed by atoms with van der Waals surface area (Å²) in [6.07, 6.45) is 3.48. The smallest absolute Gasteiger partial charge is 0.319 e. The number of anilines is 1. The molecule has 178 valence electrons. The molecule has 0 saturated heterocycles. The van der Waals surface area contributed by atoms with Crippen LogP contribution in [0.25, 0.3) is 0 Å². The number of halogens is 2. The number of benzene rings is 3. The molecule has 3 aromatic rings. The van der Waals surface area contributed by atoms with Gasteiger partial charge in [-0.3, -0.25) is 0 Å². The van der Waals surface area contributed by atoms with Gasteiger partial charge in [-0.15, -0.1) is 0 Å². The second-order valence-electron chi connectivity index (χ2n) is 8.53. The van der Waals surface area contributed by atoms with Crippen molar-refractivity contribution in [2.75, 3.05) is 19.5 Å². The number of ether oxygens (including phenoxy) is 2. The first-order valence-electron chi connectivity index (χ1n) is 11.2. The Bertz CT molecular complexity index is 1080. The molecule has 4 rings (SSSR count). The second-order valence-corrected chi connectivity index (χ2v) is 9.41. The average Bonchev–Trinajstić information content (AvgIpc) is 2.86. The molecule has 0 aromatic heterocycles. The summed E-state index contributed by atoms with van der Waals surface area (Å²) in [5, 5.41) is 7.46. The molecule has 2 N–H and O–H groups in total. The zero-order valence-electron chi connectivity index (χ0n) is 19.2. The van der Waals surface area contributed by atoms with E-state index in [2.05, 4.69) is 34.9 Å². The maximum atomic E-state index is 12.7. The Balaban J connectivity index is 1.47. The largest absolute Gasteiger partial charge is 0.497 e. The standard InChI is InChI=1S/C27H28Cl2N2O3/c1-33-23-11-12-24(25(17-23)34-2)31-26(32)30-22-13-15-27(16-14-22,18-3-7-20(28)8-4-18)19-5-9-21(29)10-6-19/h3-12,17,22H,13-16H2,1-2H3,(H2,30,31,32). The summed E-state index contributed by atoms with van der Waals surface area (Å²) >= 11 is 12.3. The Hall–Kier alpha value is -2.89.